The highest BCUT2D eigenvalue weighted by Crippen LogP contribution is 2.24. The molecule has 2 fully saturated rings. The van der Waals surface area contributed by atoms with Gasteiger partial charge in [-0.2, -0.15) is 9.97 Å². The maximum absolute atomic E-state index is 5.74. The van der Waals surface area contributed by atoms with Crippen LogP contribution >= 0.6 is 0 Å². The number of anilines is 3. The summed E-state index contributed by atoms with van der Waals surface area (Å²) in [5.74, 6) is 1.57. The lowest BCUT2D eigenvalue weighted by molar-refractivity contribution is 0.175. The molecule has 1 atom stereocenters. The molecule has 3 rings (SSSR count). The zero-order valence-electron chi connectivity index (χ0n) is 11.3. The number of nitrogens with two attached hydrogens (primary N) is 2. The summed E-state index contributed by atoms with van der Waals surface area (Å²) in [7, 11) is 0. The molecule has 2 saturated heterocycles. The van der Waals surface area contributed by atoms with Crippen molar-refractivity contribution >= 4 is 17.6 Å². The zero-order valence-corrected chi connectivity index (χ0v) is 11.3. The fourth-order valence-electron chi connectivity index (χ4n) is 3.16. The van der Waals surface area contributed by atoms with Crippen LogP contribution in [-0.4, -0.2) is 47.1 Å². The van der Waals surface area contributed by atoms with E-state index in [4.69, 9.17) is 11.5 Å². The van der Waals surface area contributed by atoms with Crippen LogP contribution in [0.15, 0.2) is 6.07 Å². The molecular weight excluding hydrogens is 240 g/mol. The highest BCUT2D eigenvalue weighted by Gasteiger charge is 2.29. The van der Waals surface area contributed by atoms with Crippen molar-refractivity contribution in [3.63, 3.8) is 0 Å². The molecule has 4 N–H and O–H groups in total. The maximum Gasteiger partial charge on any atom is 0.223 e. The van der Waals surface area contributed by atoms with Crippen molar-refractivity contribution in [2.45, 2.75) is 31.7 Å². The van der Waals surface area contributed by atoms with Gasteiger partial charge >= 0.3 is 0 Å². The van der Waals surface area contributed by atoms with E-state index >= 15 is 0 Å². The van der Waals surface area contributed by atoms with E-state index in [-0.39, 0.29) is 5.95 Å². The Hall–Kier alpha value is -1.56. The van der Waals surface area contributed by atoms with Crippen molar-refractivity contribution in [1.29, 1.82) is 0 Å². The normalized spacial score (nSPS) is 24.8. The number of nitrogen functional groups attached to an aromatic ring is 2. The van der Waals surface area contributed by atoms with Gasteiger partial charge in [0.2, 0.25) is 5.95 Å². The maximum atomic E-state index is 5.74. The van der Waals surface area contributed by atoms with Gasteiger partial charge in [-0.15, -0.1) is 0 Å². The van der Waals surface area contributed by atoms with Gasteiger partial charge in [0.05, 0.1) is 0 Å². The van der Waals surface area contributed by atoms with E-state index in [0.717, 1.165) is 18.9 Å². The lowest BCUT2D eigenvalue weighted by Crippen LogP contribution is -2.41. The third kappa shape index (κ3) is 2.73. The van der Waals surface area contributed by atoms with Crippen LogP contribution in [0.5, 0.6) is 0 Å². The fourth-order valence-corrected chi connectivity index (χ4v) is 3.16. The monoisotopic (exact) mass is 262 g/mol. The molecule has 1 unspecified atom stereocenters. The Morgan fingerprint density at radius 3 is 2.58 bits per heavy atom. The van der Waals surface area contributed by atoms with Crippen molar-refractivity contribution in [3.8, 4) is 0 Å². The van der Waals surface area contributed by atoms with Crippen LogP contribution in [0.25, 0.3) is 0 Å². The predicted molar refractivity (Wildman–Crippen MR) is 76.9 cm³/mol. The number of piperidine rings is 1. The number of nitrogens with zero attached hydrogens (tertiary/aromatic N) is 4. The van der Waals surface area contributed by atoms with Crippen LogP contribution in [0.4, 0.5) is 17.6 Å². The molecule has 0 bridgehead atoms. The summed E-state index contributed by atoms with van der Waals surface area (Å²) in [6.07, 6.45) is 5.25. The van der Waals surface area contributed by atoms with E-state index in [0.29, 0.717) is 11.9 Å². The summed E-state index contributed by atoms with van der Waals surface area (Å²) in [6, 6.07) is 2.47. The van der Waals surface area contributed by atoms with E-state index < -0.39 is 0 Å². The third-order valence-corrected chi connectivity index (χ3v) is 4.14. The number of hydrogen-bond donors (Lipinski definition) is 2. The zero-order chi connectivity index (χ0) is 13.2. The van der Waals surface area contributed by atoms with Crippen LogP contribution in [0.3, 0.4) is 0 Å². The fraction of sp³-hybridized carbons (Fsp3) is 0.692. The molecule has 19 heavy (non-hydrogen) atoms. The molecule has 1 aromatic heterocycles. The summed E-state index contributed by atoms with van der Waals surface area (Å²) in [5, 5.41) is 0. The molecule has 0 radical (unpaired) electrons. The summed E-state index contributed by atoms with van der Waals surface area (Å²) in [6.45, 7) is 4.53. The van der Waals surface area contributed by atoms with Gasteiger partial charge in [0.1, 0.15) is 11.6 Å². The van der Waals surface area contributed by atoms with Crippen LogP contribution in [0, 0.1) is 0 Å². The minimum absolute atomic E-state index is 0.261. The van der Waals surface area contributed by atoms with Gasteiger partial charge in [-0.05, 0) is 32.4 Å². The molecule has 0 spiro atoms. The van der Waals surface area contributed by atoms with Crippen molar-refractivity contribution in [3.05, 3.63) is 6.07 Å². The second kappa shape index (κ2) is 5.21. The van der Waals surface area contributed by atoms with Gasteiger partial charge in [0.25, 0.3) is 0 Å². The molecule has 104 valence electrons. The molecule has 0 amide bonds. The number of hydrogen-bond acceptors (Lipinski definition) is 6. The minimum Gasteiger partial charge on any atom is -0.383 e. The first-order chi connectivity index (χ1) is 9.22. The Balaban J connectivity index is 1.67. The van der Waals surface area contributed by atoms with E-state index in [2.05, 4.69) is 19.8 Å². The smallest absolute Gasteiger partial charge is 0.223 e. The lowest BCUT2D eigenvalue weighted by Gasteiger charge is -2.32. The molecule has 2 aliphatic rings. The van der Waals surface area contributed by atoms with Gasteiger partial charge in [0, 0.05) is 25.2 Å². The molecule has 0 aliphatic carbocycles. The Kier molecular flexibility index (Phi) is 3.42. The molecule has 0 aromatic carbocycles. The summed E-state index contributed by atoms with van der Waals surface area (Å²) < 4.78 is 0. The summed E-state index contributed by atoms with van der Waals surface area (Å²) >= 11 is 0. The van der Waals surface area contributed by atoms with Crippen LogP contribution < -0.4 is 16.4 Å². The summed E-state index contributed by atoms with van der Waals surface area (Å²) in [5.41, 5.74) is 11.4. The Bertz CT molecular complexity index is 423. The average molecular weight is 262 g/mol. The lowest BCUT2D eigenvalue weighted by atomic mass is 10.1. The second-order valence-electron chi connectivity index (χ2n) is 5.49. The molecular formula is C13H22N6. The first-order valence-electron chi connectivity index (χ1n) is 7.11. The molecule has 1 aromatic rings. The molecule has 6 heteroatoms. The Morgan fingerprint density at radius 1 is 1.05 bits per heavy atom. The van der Waals surface area contributed by atoms with Crippen molar-refractivity contribution in [2.75, 3.05) is 42.5 Å². The van der Waals surface area contributed by atoms with Crippen LogP contribution in [0.1, 0.15) is 25.7 Å². The quantitative estimate of drug-likeness (QED) is 0.816. The Morgan fingerprint density at radius 2 is 1.84 bits per heavy atom. The van der Waals surface area contributed by atoms with Crippen LogP contribution in [0.2, 0.25) is 0 Å². The molecule has 0 saturated carbocycles. The standard InChI is InChI=1S/C13H22N6/c14-11-8-12(17-13(15)16-11)19-7-4-10(9-19)18-5-2-1-3-6-18/h8,10H,1-7,9H2,(H4,14,15,16,17). The first-order valence-corrected chi connectivity index (χ1v) is 7.11. The number of likely N-dealkylation sites (tertiary alicyclic amines) is 1. The second-order valence-corrected chi connectivity index (χ2v) is 5.49. The van der Waals surface area contributed by atoms with E-state index in [9.17, 15) is 0 Å². The van der Waals surface area contributed by atoms with Crippen molar-refractivity contribution < 1.29 is 0 Å². The average Bonchev–Trinajstić information content (AvgIpc) is 2.88. The molecule has 2 aliphatic heterocycles. The van der Waals surface area contributed by atoms with Gasteiger partial charge in [0.15, 0.2) is 0 Å². The Labute approximate surface area is 113 Å². The first kappa shape index (κ1) is 12.5. The van der Waals surface area contributed by atoms with Gasteiger partial charge in [-0.25, -0.2) is 0 Å². The molecule has 3 heterocycles. The number of aromatic nitrogens is 2. The molecule has 6 nitrogen and oxygen atoms in total. The van der Waals surface area contributed by atoms with Gasteiger partial charge < -0.3 is 16.4 Å². The third-order valence-electron chi connectivity index (χ3n) is 4.14. The van der Waals surface area contributed by atoms with Crippen LogP contribution in [-0.2, 0) is 0 Å². The van der Waals surface area contributed by atoms with E-state index in [1.54, 1.807) is 0 Å². The number of rotatable bonds is 2. The van der Waals surface area contributed by atoms with Gasteiger partial charge in [-0.3, -0.25) is 4.90 Å². The predicted octanol–water partition coefficient (Wildman–Crippen LogP) is 0.706. The largest absolute Gasteiger partial charge is 0.383 e. The highest BCUT2D eigenvalue weighted by atomic mass is 15.3. The van der Waals surface area contributed by atoms with Crippen molar-refractivity contribution in [2.24, 2.45) is 0 Å². The minimum atomic E-state index is 0.261. The van der Waals surface area contributed by atoms with E-state index in [1.807, 2.05) is 6.07 Å². The topological polar surface area (TPSA) is 84.3 Å². The van der Waals surface area contributed by atoms with E-state index in [1.165, 1.54) is 38.8 Å². The van der Waals surface area contributed by atoms with Gasteiger partial charge in [-0.1, -0.05) is 6.42 Å². The highest BCUT2D eigenvalue weighted by molar-refractivity contribution is 5.51. The SMILES string of the molecule is Nc1cc(N2CCC(N3CCCCC3)C2)nc(N)n1. The summed E-state index contributed by atoms with van der Waals surface area (Å²) in [4.78, 5) is 13.1. The van der Waals surface area contributed by atoms with Crippen molar-refractivity contribution in [1.82, 2.24) is 14.9 Å².